The summed E-state index contributed by atoms with van der Waals surface area (Å²) in [5.74, 6) is 0. The summed E-state index contributed by atoms with van der Waals surface area (Å²) in [5, 5.41) is 6.35. The fraction of sp³-hybridized carbons (Fsp3) is 0.455. The quantitative estimate of drug-likeness (QED) is 0.833. The number of alkyl halides is 3. The van der Waals surface area contributed by atoms with Crippen LogP contribution >= 0.6 is 15.9 Å². The Bertz CT molecular complexity index is 400. The van der Waals surface area contributed by atoms with Gasteiger partial charge in [0.25, 0.3) is 0 Å². The summed E-state index contributed by atoms with van der Waals surface area (Å²) >= 11 is 3.30. The fourth-order valence-electron chi connectivity index (χ4n) is 1.86. The van der Waals surface area contributed by atoms with Crippen LogP contribution in [0, 0.1) is 0 Å². The molecular formula is C11H12BrF3N2. The van der Waals surface area contributed by atoms with Crippen LogP contribution in [0.2, 0.25) is 0 Å². The SMILES string of the molecule is FC(F)(F)c1ccc(Br)c([C@H]2CNCCN2)c1. The minimum atomic E-state index is -4.29. The lowest BCUT2D eigenvalue weighted by Gasteiger charge is -2.26. The summed E-state index contributed by atoms with van der Waals surface area (Å²) in [6.45, 7) is 2.24. The van der Waals surface area contributed by atoms with Crippen molar-refractivity contribution >= 4 is 15.9 Å². The highest BCUT2D eigenvalue weighted by molar-refractivity contribution is 9.10. The van der Waals surface area contributed by atoms with Gasteiger partial charge in [0.1, 0.15) is 0 Å². The highest BCUT2D eigenvalue weighted by Crippen LogP contribution is 2.34. The van der Waals surface area contributed by atoms with E-state index in [1.54, 1.807) is 0 Å². The summed E-state index contributed by atoms with van der Waals surface area (Å²) in [7, 11) is 0. The highest BCUT2D eigenvalue weighted by atomic mass is 79.9. The number of rotatable bonds is 1. The second-order valence-electron chi connectivity index (χ2n) is 3.94. The van der Waals surface area contributed by atoms with Gasteiger partial charge in [0.15, 0.2) is 0 Å². The van der Waals surface area contributed by atoms with Crippen molar-refractivity contribution in [2.24, 2.45) is 0 Å². The summed E-state index contributed by atoms with van der Waals surface area (Å²) < 4.78 is 38.5. The molecule has 0 unspecified atom stereocenters. The summed E-state index contributed by atoms with van der Waals surface area (Å²) in [6, 6.07) is 3.66. The molecule has 1 aliphatic rings. The Balaban J connectivity index is 2.31. The molecular weight excluding hydrogens is 297 g/mol. The Labute approximate surface area is 106 Å². The minimum Gasteiger partial charge on any atom is -0.314 e. The van der Waals surface area contributed by atoms with Crippen LogP contribution < -0.4 is 10.6 Å². The summed E-state index contributed by atoms with van der Waals surface area (Å²) in [6.07, 6.45) is -4.29. The third-order valence-corrected chi connectivity index (χ3v) is 3.46. The van der Waals surface area contributed by atoms with E-state index in [0.717, 1.165) is 19.2 Å². The standard InChI is InChI=1S/C11H12BrF3N2/c12-9-2-1-7(11(13,14)15)5-8(9)10-6-16-3-4-17-10/h1-2,5,10,16-17H,3-4,6H2/t10-/m1/s1. The van der Waals surface area contributed by atoms with Crippen molar-refractivity contribution < 1.29 is 13.2 Å². The van der Waals surface area contributed by atoms with Crippen LogP contribution in [0.15, 0.2) is 22.7 Å². The number of benzene rings is 1. The van der Waals surface area contributed by atoms with E-state index in [0.29, 0.717) is 16.6 Å². The molecule has 0 aliphatic carbocycles. The Morgan fingerprint density at radius 2 is 2.00 bits per heavy atom. The van der Waals surface area contributed by atoms with E-state index >= 15 is 0 Å². The lowest BCUT2D eigenvalue weighted by Crippen LogP contribution is -2.42. The maximum Gasteiger partial charge on any atom is 0.416 e. The highest BCUT2D eigenvalue weighted by Gasteiger charge is 2.31. The van der Waals surface area contributed by atoms with Gasteiger partial charge in [-0.25, -0.2) is 0 Å². The smallest absolute Gasteiger partial charge is 0.314 e. The van der Waals surface area contributed by atoms with Gasteiger partial charge in [0, 0.05) is 30.1 Å². The van der Waals surface area contributed by atoms with Crippen LogP contribution in [0.3, 0.4) is 0 Å². The molecule has 0 saturated carbocycles. The summed E-state index contributed by atoms with van der Waals surface area (Å²) in [5.41, 5.74) is 0.0371. The van der Waals surface area contributed by atoms with Crippen molar-refractivity contribution in [2.75, 3.05) is 19.6 Å². The first kappa shape index (κ1) is 12.9. The van der Waals surface area contributed by atoms with Crippen molar-refractivity contribution in [3.05, 3.63) is 33.8 Å². The Hall–Kier alpha value is -0.590. The maximum absolute atomic E-state index is 12.6. The molecule has 6 heteroatoms. The lowest BCUT2D eigenvalue weighted by molar-refractivity contribution is -0.137. The van der Waals surface area contributed by atoms with Crippen LogP contribution in [0.1, 0.15) is 17.2 Å². The third-order valence-electron chi connectivity index (χ3n) is 2.74. The molecule has 2 nitrogen and oxygen atoms in total. The molecule has 17 heavy (non-hydrogen) atoms. The molecule has 0 amide bonds. The first-order chi connectivity index (χ1) is 7.98. The number of hydrogen-bond acceptors (Lipinski definition) is 2. The van der Waals surface area contributed by atoms with Crippen molar-refractivity contribution in [3.63, 3.8) is 0 Å². The van der Waals surface area contributed by atoms with Gasteiger partial charge in [0.2, 0.25) is 0 Å². The third kappa shape index (κ3) is 3.00. The number of halogens is 4. The van der Waals surface area contributed by atoms with E-state index in [1.807, 2.05) is 0 Å². The van der Waals surface area contributed by atoms with E-state index in [4.69, 9.17) is 0 Å². The zero-order chi connectivity index (χ0) is 12.5. The molecule has 2 N–H and O–H groups in total. The van der Waals surface area contributed by atoms with Crippen molar-refractivity contribution in [2.45, 2.75) is 12.2 Å². The largest absolute Gasteiger partial charge is 0.416 e. The van der Waals surface area contributed by atoms with E-state index < -0.39 is 11.7 Å². The van der Waals surface area contributed by atoms with Gasteiger partial charge in [-0.1, -0.05) is 15.9 Å². The van der Waals surface area contributed by atoms with Gasteiger partial charge in [-0.2, -0.15) is 13.2 Å². The van der Waals surface area contributed by atoms with Crippen molar-refractivity contribution in [1.29, 1.82) is 0 Å². The molecule has 1 saturated heterocycles. The van der Waals surface area contributed by atoms with Crippen molar-refractivity contribution in [3.8, 4) is 0 Å². The molecule has 0 bridgehead atoms. The van der Waals surface area contributed by atoms with E-state index in [-0.39, 0.29) is 6.04 Å². The molecule has 1 fully saturated rings. The molecule has 1 atom stereocenters. The first-order valence-corrected chi connectivity index (χ1v) is 6.08. The Kier molecular flexibility index (Phi) is 3.75. The average Bonchev–Trinajstić information content (AvgIpc) is 2.29. The van der Waals surface area contributed by atoms with Crippen LogP contribution in [0.25, 0.3) is 0 Å². The summed E-state index contributed by atoms with van der Waals surface area (Å²) in [4.78, 5) is 0. The van der Waals surface area contributed by atoms with Gasteiger partial charge in [-0.15, -0.1) is 0 Å². The predicted octanol–water partition coefficient (Wildman–Crippen LogP) is 2.70. The molecule has 0 spiro atoms. The molecule has 1 heterocycles. The molecule has 1 aromatic carbocycles. The zero-order valence-electron chi connectivity index (χ0n) is 8.94. The van der Waals surface area contributed by atoms with E-state index in [2.05, 4.69) is 26.6 Å². The number of piperazine rings is 1. The first-order valence-electron chi connectivity index (χ1n) is 5.29. The molecule has 0 radical (unpaired) electrons. The Morgan fingerprint density at radius 3 is 2.59 bits per heavy atom. The normalized spacial score (nSPS) is 21.5. The molecule has 2 rings (SSSR count). The van der Waals surface area contributed by atoms with Crippen LogP contribution in [-0.2, 0) is 6.18 Å². The maximum atomic E-state index is 12.6. The number of hydrogen-bond donors (Lipinski definition) is 2. The predicted molar refractivity (Wildman–Crippen MR) is 62.8 cm³/mol. The van der Waals surface area contributed by atoms with Gasteiger partial charge < -0.3 is 10.6 Å². The van der Waals surface area contributed by atoms with Gasteiger partial charge >= 0.3 is 6.18 Å². The number of nitrogens with one attached hydrogen (secondary N) is 2. The van der Waals surface area contributed by atoms with Gasteiger partial charge in [0.05, 0.1) is 5.56 Å². The van der Waals surface area contributed by atoms with Crippen LogP contribution in [-0.4, -0.2) is 19.6 Å². The van der Waals surface area contributed by atoms with Crippen LogP contribution in [0.5, 0.6) is 0 Å². The minimum absolute atomic E-state index is 0.0829. The molecule has 0 aromatic heterocycles. The van der Waals surface area contributed by atoms with E-state index in [1.165, 1.54) is 12.1 Å². The molecule has 94 valence electrons. The van der Waals surface area contributed by atoms with Gasteiger partial charge in [-0.3, -0.25) is 0 Å². The second kappa shape index (κ2) is 4.96. The van der Waals surface area contributed by atoms with Crippen molar-refractivity contribution in [1.82, 2.24) is 10.6 Å². The lowest BCUT2D eigenvalue weighted by atomic mass is 10.0. The zero-order valence-corrected chi connectivity index (χ0v) is 10.5. The fourth-order valence-corrected chi connectivity index (χ4v) is 2.38. The van der Waals surface area contributed by atoms with Crippen LogP contribution in [0.4, 0.5) is 13.2 Å². The Morgan fingerprint density at radius 1 is 1.24 bits per heavy atom. The van der Waals surface area contributed by atoms with E-state index in [9.17, 15) is 13.2 Å². The monoisotopic (exact) mass is 308 g/mol. The molecule has 1 aliphatic heterocycles. The second-order valence-corrected chi connectivity index (χ2v) is 4.80. The topological polar surface area (TPSA) is 24.1 Å². The van der Waals surface area contributed by atoms with Gasteiger partial charge in [-0.05, 0) is 23.8 Å². The average molecular weight is 309 g/mol. The molecule has 1 aromatic rings.